The maximum atomic E-state index is 12.5. The summed E-state index contributed by atoms with van der Waals surface area (Å²) in [4.78, 5) is 22.1. The summed E-state index contributed by atoms with van der Waals surface area (Å²) in [5.41, 5.74) is 3.11. The number of hydrogen-bond acceptors (Lipinski definition) is 6. The molecule has 3 aromatic heterocycles. The van der Waals surface area contributed by atoms with E-state index in [9.17, 15) is 4.79 Å². The summed E-state index contributed by atoms with van der Waals surface area (Å²) in [6, 6.07) is 8.10. The zero-order valence-electron chi connectivity index (χ0n) is 15.5. The van der Waals surface area contributed by atoms with E-state index in [2.05, 4.69) is 28.2 Å². The molecule has 27 heavy (non-hydrogen) atoms. The number of benzene rings is 1. The first-order valence-corrected chi connectivity index (χ1v) is 10.3. The highest BCUT2D eigenvalue weighted by Crippen LogP contribution is 2.34. The van der Waals surface area contributed by atoms with E-state index in [0.717, 1.165) is 31.7 Å². The minimum atomic E-state index is -0.0790. The average molecular weight is 398 g/mol. The molecule has 0 radical (unpaired) electrons. The van der Waals surface area contributed by atoms with Gasteiger partial charge < -0.3 is 4.98 Å². The van der Waals surface area contributed by atoms with Gasteiger partial charge in [0.05, 0.1) is 16.3 Å². The molecule has 0 aliphatic carbocycles. The van der Waals surface area contributed by atoms with Crippen molar-refractivity contribution >= 4 is 33.3 Å². The van der Waals surface area contributed by atoms with Gasteiger partial charge in [0.2, 0.25) is 0 Å². The fourth-order valence-electron chi connectivity index (χ4n) is 2.98. The Morgan fingerprint density at radius 1 is 1.22 bits per heavy atom. The Morgan fingerprint density at radius 2 is 2.00 bits per heavy atom. The Bertz CT molecular complexity index is 1190. The van der Waals surface area contributed by atoms with Gasteiger partial charge in [-0.1, -0.05) is 30.0 Å². The number of H-pyrrole nitrogens is 1. The number of nitrogens with zero attached hydrogens (tertiary/aromatic N) is 4. The largest absolute Gasteiger partial charge is 0.309 e. The number of fused-ring (bicyclic) bond motifs is 1. The van der Waals surface area contributed by atoms with Crippen LogP contribution in [0.4, 0.5) is 0 Å². The van der Waals surface area contributed by atoms with Crippen LogP contribution in [0.15, 0.2) is 40.5 Å². The minimum Gasteiger partial charge on any atom is -0.309 e. The molecule has 8 heteroatoms. The van der Waals surface area contributed by atoms with Gasteiger partial charge in [0.1, 0.15) is 17.0 Å². The van der Waals surface area contributed by atoms with Crippen LogP contribution in [0, 0.1) is 20.8 Å². The van der Waals surface area contributed by atoms with E-state index < -0.39 is 0 Å². The molecule has 1 aromatic carbocycles. The predicted octanol–water partition coefficient (Wildman–Crippen LogP) is 4.34. The molecule has 6 nitrogen and oxygen atoms in total. The van der Waals surface area contributed by atoms with Gasteiger partial charge in [0.15, 0.2) is 5.16 Å². The lowest BCUT2D eigenvalue weighted by Crippen LogP contribution is -2.12. The summed E-state index contributed by atoms with van der Waals surface area (Å²) in [6.45, 7) is 8.05. The van der Waals surface area contributed by atoms with Crippen molar-refractivity contribution in [1.29, 1.82) is 0 Å². The summed E-state index contributed by atoms with van der Waals surface area (Å²) in [5.74, 6) is 0.651. The van der Waals surface area contributed by atoms with Crippen molar-refractivity contribution in [3.05, 3.63) is 62.8 Å². The summed E-state index contributed by atoms with van der Waals surface area (Å²) >= 11 is 3.08. The van der Waals surface area contributed by atoms with E-state index in [-0.39, 0.29) is 10.8 Å². The average Bonchev–Trinajstić information content (AvgIpc) is 3.20. The molecule has 0 unspecified atom stereocenters. The quantitative estimate of drug-likeness (QED) is 0.518. The van der Waals surface area contributed by atoms with Crippen LogP contribution < -0.4 is 5.56 Å². The van der Waals surface area contributed by atoms with E-state index in [0.29, 0.717) is 11.2 Å². The lowest BCUT2D eigenvalue weighted by molar-refractivity contribution is 0.857. The third-order valence-electron chi connectivity index (χ3n) is 4.62. The molecule has 1 atom stereocenters. The van der Waals surface area contributed by atoms with Crippen molar-refractivity contribution in [2.45, 2.75) is 38.1 Å². The highest BCUT2D eigenvalue weighted by Gasteiger charge is 2.19. The van der Waals surface area contributed by atoms with E-state index in [1.165, 1.54) is 11.8 Å². The maximum Gasteiger partial charge on any atom is 0.259 e. The fraction of sp³-hybridized carbons (Fsp3) is 0.263. The number of hydrogen-bond donors (Lipinski definition) is 1. The van der Waals surface area contributed by atoms with Gasteiger partial charge in [-0.25, -0.2) is 4.98 Å². The number of thioether (sulfide) groups is 1. The van der Waals surface area contributed by atoms with Gasteiger partial charge >= 0.3 is 0 Å². The van der Waals surface area contributed by atoms with Gasteiger partial charge in [-0.15, -0.1) is 21.5 Å². The second-order valence-electron chi connectivity index (χ2n) is 6.44. The van der Waals surface area contributed by atoms with Gasteiger partial charge in [-0.2, -0.15) is 0 Å². The molecule has 138 valence electrons. The predicted molar refractivity (Wildman–Crippen MR) is 110 cm³/mol. The number of nitrogens with one attached hydrogen (secondary N) is 1. The van der Waals surface area contributed by atoms with Gasteiger partial charge in [-0.3, -0.25) is 9.36 Å². The molecule has 0 aliphatic rings. The standard InChI is InChI=1S/C19H19N5OS2/c1-10-7-5-6-8-14(10)24-9-20-23-19(24)27-13(4)16-21-17(25)15-11(2)12(3)26-18(15)22-16/h5-9,13H,1-4H3,(H,21,22,25)/t13-/m1/s1. The van der Waals surface area contributed by atoms with Crippen molar-refractivity contribution < 1.29 is 0 Å². The van der Waals surface area contributed by atoms with Crippen LogP contribution in [-0.2, 0) is 0 Å². The lowest BCUT2D eigenvalue weighted by Gasteiger charge is -2.12. The smallest absolute Gasteiger partial charge is 0.259 e. The molecule has 0 saturated carbocycles. The molecule has 0 spiro atoms. The molecule has 0 aliphatic heterocycles. The van der Waals surface area contributed by atoms with Crippen LogP contribution in [0.5, 0.6) is 0 Å². The molecule has 3 heterocycles. The molecule has 0 fully saturated rings. The monoisotopic (exact) mass is 397 g/mol. The van der Waals surface area contributed by atoms with Gasteiger partial charge in [0.25, 0.3) is 5.56 Å². The summed E-state index contributed by atoms with van der Waals surface area (Å²) in [7, 11) is 0. The molecule has 0 bridgehead atoms. The van der Waals surface area contributed by atoms with E-state index in [1.54, 1.807) is 17.7 Å². The molecular weight excluding hydrogens is 378 g/mol. The number of aryl methyl sites for hydroxylation is 3. The molecule has 0 amide bonds. The molecule has 4 aromatic rings. The first kappa shape index (κ1) is 17.9. The molecular formula is C19H19N5OS2. The minimum absolute atomic E-state index is 0.0724. The van der Waals surface area contributed by atoms with Crippen LogP contribution in [0.2, 0.25) is 0 Å². The summed E-state index contributed by atoms with van der Waals surface area (Å²) < 4.78 is 1.96. The fourth-order valence-corrected chi connectivity index (χ4v) is 4.91. The Kier molecular flexibility index (Phi) is 4.61. The van der Waals surface area contributed by atoms with Crippen LogP contribution in [0.3, 0.4) is 0 Å². The van der Waals surface area contributed by atoms with E-state index in [4.69, 9.17) is 4.98 Å². The third-order valence-corrected chi connectivity index (χ3v) is 6.78. The Labute approximate surface area is 164 Å². The number of para-hydroxylation sites is 1. The molecule has 4 rings (SSSR count). The normalized spacial score (nSPS) is 12.6. The Morgan fingerprint density at radius 3 is 2.78 bits per heavy atom. The van der Waals surface area contributed by atoms with Gasteiger partial charge in [0, 0.05) is 4.88 Å². The first-order valence-electron chi connectivity index (χ1n) is 8.58. The van der Waals surface area contributed by atoms with Gasteiger partial charge in [-0.05, 0) is 44.9 Å². The SMILES string of the molecule is Cc1ccccc1-n1cnnc1S[C@H](C)c1nc2sc(C)c(C)c2c(=O)[nH]1. The zero-order chi connectivity index (χ0) is 19.1. The highest BCUT2D eigenvalue weighted by atomic mass is 32.2. The number of thiophene rings is 1. The van der Waals surface area contributed by atoms with Crippen molar-refractivity contribution in [1.82, 2.24) is 24.7 Å². The Balaban J connectivity index is 1.69. The van der Waals surface area contributed by atoms with Crippen LogP contribution in [-0.4, -0.2) is 24.7 Å². The van der Waals surface area contributed by atoms with E-state index >= 15 is 0 Å². The van der Waals surface area contributed by atoms with Crippen molar-refractivity contribution in [3.63, 3.8) is 0 Å². The van der Waals surface area contributed by atoms with Crippen molar-refractivity contribution in [2.24, 2.45) is 0 Å². The van der Waals surface area contributed by atoms with Crippen molar-refractivity contribution in [2.75, 3.05) is 0 Å². The van der Waals surface area contributed by atoms with E-state index in [1.807, 2.05) is 43.5 Å². The third kappa shape index (κ3) is 3.19. The van der Waals surface area contributed by atoms with Crippen LogP contribution in [0.1, 0.15) is 34.0 Å². The number of aromatic nitrogens is 5. The molecule has 1 N–H and O–H groups in total. The number of aromatic amines is 1. The second kappa shape index (κ2) is 6.94. The number of rotatable bonds is 4. The second-order valence-corrected chi connectivity index (χ2v) is 8.96. The summed E-state index contributed by atoms with van der Waals surface area (Å²) in [6.07, 6.45) is 1.71. The lowest BCUT2D eigenvalue weighted by atomic mass is 10.2. The van der Waals surface area contributed by atoms with Crippen molar-refractivity contribution in [3.8, 4) is 5.69 Å². The molecule has 0 saturated heterocycles. The summed E-state index contributed by atoms with van der Waals surface area (Å²) in [5, 5.41) is 9.72. The van der Waals surface area contributed by atoms with Crippen LogP contribution in [0.25, 0.3) is 15.9 Å². The zero-order valence-corrected chi connectivity index (χ0v) is 17.1. The topological polar surface area (TPSA) is 76.5 Å². The highest BCUT2D eigenvalue weighted by molar-refractivity contribution is 7.99. The maximum absolute atomic E-state index is 12.5. The first-order chi connectivity index (χ1) is 13.0. The Hall–Kier alpha value is -2.45. The van der Waals surface area contributed by atoms with Crippen LogP contribution >= 0.6 is 23.1 Å².